The Balaban J connectivity index is 2.40. The first-order valence-corrected chi connectivity index (χ1v) is 6.82. The zero-order valence-electron chi connectivity index (χ0n) is 12.5. The Morgan fingerprint density at radius 3 is 2.68 bits per heavy atom. The van der Waals surface area contributed by atoms with Crippen LogP contribution in [0.5, 0.6) is 0 Å². The number of carbonyl (C=O) groups excluding carboxylic acids is 1. The zero-order valence-corrected chi connectivity index (χ0v) is 12.5. The maximum absolute atomic E-state index is 11.6. The minimum atomic E-state index is -0.184. The molecule has 0 spiro atoms. The van der Waals surface area contributed by atoms with Gasteiger partial charge in [0, 0.05) is 11.5 Å². The van der Waals surface area contributed by atoms with Crippen molar-refractivity contribution < 1.29 is 9.21 Å². The van der Waals surface area contributed by atoms with Crippen LogP contribution < -0.4 is 10.6 Å². The number of urea groups is 1. The molecule has 5 heteroatoms. The van der Waals surface area contributed by atoms with Crippen molar-refractivity contribution in [2.45, 2.75) is 65.5 Å². The normalized spacial score (nSPS) is 13.1. The van der Waals surface area contributed by atoms with Crippen molar-refractivity contribution >= 4 is 6.03 Å². The number of oxazole rings is 1. The Hall–Kier alpha value is -1.52. The highest BCUT2D eigenvalue weighted by Gasteiger charge is 2.19. The SMILES string of the molecule is CCC[C@H](C)NC(=O)NCc1ncc(C(C)(C)C)o1. The van der Waals surface area contributed by atoms with E-state index < -0.39 is 0 Å². The van der Waals surface area contributed by atoms with Gasteiger partial charge in [0.2, 0.25) is 5.89 Å². The van der Waals surface area contributed by atoms with Crippen LogP contribution in [0.15, 0.2) is 10.6 Å². The number of nitrogens with one attached hydrogen (secondary N) is 2. The molecule has 0 aromatic carbocycles. The van der Waals surface area contributed by atoms with E-state index in [0.717, 1.165) is 18.6 Å². The van der Waals surface area contributed by atoms with E-state index in [1.54, 1.807) is 6.20 Å². The van der Waals surface area contributed by atoms with E-state index in [1.165, 1.54) is 0 Å². The summed E-state index contributed by atoms with van der Waals surface area (Å²) in [7, 11) is 0. The Kier molecular flexibility index (Phi) is 5.39. The van der Waals surface area contributed by atoms with Gasteiger partial charge < -0.3 is 15.1 Å². The summed E-state index contributed by atoms with van der Waals surface area (Å²) >= 11 is 0. The number of hydrogen-bond donors (Lipinski definition) is 2. The lowest BCUT2D eigenvalue weighted by atomic mass is 9.94. The van der Waals surface area contributed by atoms with Gasteiger partial charge in [-0.25, -0.2) is 9.78 Å². The molecule has 1 rings (SSSR count). The lowest BCUT2D eigenvalue weighted by Gasteiger charge is -2.14. The molecule has 19 heavy (non-hydrogen) atoms. The molecule has 0 unspecified atom stereocenters. The van der Waals surface area contributed by atoms with Gasteiger partial charge in [0.15, 0.2) is 0 Å². The molecule has 1 aromatic heterocycles. The quantitative estimate of drug-likeness (QED) is 0.862. The summed E-state index contributed by atoms with van der Waals surface area (Å²) in [5, 5.41) is 5.62. The molecule has 2 N–H and O–H groups in total. The average molecular weight is 267 g/mol. The van der Waals surface area contributed by atoms with Crippen LogP contribution >= 0.6 is 0 Å². The predicted octanol–water partition coefficient (Wildman–Crippen LogP) is 2.96. The maximum Gasteiger partial charge on any atom is 0.315 e. The van der Waals surface area contributed by atoms with E-state index in [4.69, 9.17) is 4.42 Å². The summed E-state index contributed by atoms with van der Waals surface area (Å²) in [6.45, 7) is 10.6. The van der Waals surface area contributed by atoms with Crippen LogP contribution in [-0.4, -0.2) is 17.1 Å². The van der Waals surface area contributed by atoms with Crippen LogP contribution in [0.4, 0.5) is 4.79 Å². The molecule has 0 saturated carbocycles. The van der Waals surface area contributed by atoms with Crippen molar-refractivity contribution in [1.82, 2.24) is 15.6 Å². The zero-order chi connectivity index (χ0) is 14.5. The molecule has 1 atom stereocenters. The van der Waals surface area contributed by atoms with Crippen molar-refractivity contribution in [3.05, 3.63) is 17.8 Å². The number of nitrogens with zero attached hydrogens (tertiary/aromatic N) is 1. The fourth-order valence-corrected chi connectivity index (χ4v) is 1.67. The smallest absolute Gasteiger partial charge is 0.315 e. The van der Waals surface area contributed by atoms with E-state index in [1.807, 2.05) is 6.92 Å². The molecule has 0 aliphatic rings. The van der Waals surface area contributed by atoms with Crippen molar-refractivity contribution in [3.63, 3.8) is 0 Å². The maximum atomic E-state index is 11.6. The van der Waals surface area contributed by atoms with Crippen LogP contribution in [0.2, 0.25) is 0 Å². The summed E-state index contributed by atoms with van der Waals surface area (Å²) in [6.07, 6.45) is 3.74. The second kappa shape index (κ2) is 6.59. The number of aromatic nitrogens is 1. The summed E-state index contributed by atoms with van der Waals surface area (Å²) in [6, 6.07) is -0.00356. The second-order valence-corrected chi connectivity index (χ2v) is 5.88. The van der Waals surface area contributed by atoms with E-state index in [9.17, 15) is 4.79 Å². The van der Waals surface area contributed by atoms with Crippen molar-refractivity contribution in [2.75, 3.05) is 0 Å². The van der Waals surface area contributed by atoms with Crippen molar-refractivity contribution in [1.29, 1.82) is 0 Å². The highest BCUT2D eigenvalue weighted by Crippen LogP contribution is 2.22. The van der Waals surface area contributed by atoms with Crippen LogP contribution in [0.25, 0.3) is 0 Å². The van der Waals surface area contributed by atoms with Gasteiger partial charge in [-0.3, -0.25) is 0 Å². The predicted molar refractivity (Wildman–Crippen MR) is 74.9 cm³/mol. The molecule has 0 aliphatic heterocycles. The van der Waals surface area contributed by atoms with Crippen LogP contribution in [0, 0.1) is 0 Å². The highest BCUT2D eigenvalue weighted by atomic mass is 16.4. The molecule has 1 aromatic rings. The fraction of sp³-hybridized carbons (Fsp3) is 0.714. The average Bonchev–Trinajstić information content (AvgIpc) is 2.74. The summed E-state index contributed by atoms with van der Waals surface area (Å²) in [5.74, 6) is 1.35. The first kappa shape index (κ1) is 15.5. The molecule has 0 saturated heterocycles. The molecular formula is C14H25N3O2. The van der Waals surface area contributed by atoms with E-state index in [2.05, 4.69) is 43.3 Å². The summed E-state index contributed by atoms with van der Waals surface area (Å²) in [5.41, 5.74) is -0.0663. The molecular weight excluding hydrogens is 242 g/mol. The van der Waals surface area contributed by atoms with E-state index in [0.29, 0.717) is 12.4 Å². The summed E-state index contributed by atoms with van der Waals surface area (Å²) < 4.78 is 5.60. The van der Waals surface area contributed by atoms with Gasteiger partial charge in [0.25, 0.3) is 0 Å². The van der Waals surface area contributed by atoms with Gasteiger partial charge in [0.05, 0.1) is 12.7 Å². The molecule has 0 fully saturated rings. The highest BCUT2D eigenvalue weighted by molar-refractivity contribution is 5.73. The van der Waals surface area contributed by atoms with Crippen molar-refractivity contribution in [2.24, 2.45) is 0 Å². The molecule has 0 bridgehead atoms. The third kappa shape index (κ3) is 5.32. The number of hydrogen-bond acceptors (Lipinski definition) is 3. The standard InChI is InChI=1S/C14H25N3O2/c1-6-7-10(2)17-13(18)16-9-12-15-8-11(19-12)14(3,4)5/h8,10H,6-7,9H2,1-5H3,(H2,16,17,18)/t10-/m0/s1. The molecule has 1 heterocycles. The van der Waals surface area contributed by atoms with Gasteiger partial charge in [0.1, 0.15) is 5.76 Å². The Bertz CT molecular complexity index is 407. The topological polar surface area (TPSA) is 67.2 Å². The molecule has 5 nitrogen and oxygen atoms in total. The molecule has 2 amide bonds. The third-order valence-corrected chi connectivity index (χ3v) is 2.79. The van der Waals surface area contributed by atoms with E-state index in [-0.39, 0.29) is 17.5 Å². The number of rotatable bonds is 5. The number of carbonyl (C=O) groups is 1. The first-order valence-electron chi connectivity index (χ1n) is 6.82. The van der Waals surface area contributed by atoms with Crippen molar-refractivity contribution in [3.8, 4) is 0 Å². The molecule has 0 aliphatic carbocycles. The summed E-state index contributed by atoms with van der Waals surface area (Å²) in [4.78, 5) is 15.8. The minimum absolute atomic E-state index is 0.0663. The fourth-order valence-electron chi connectivity index (χ4n) is 1.67. The number of amides is 2. The third-order valence-electron chi connectivity index (χ3n) is 2.79. The Labute approximate surface area is 115 Å². The monoisotopic (exact) mass is 267 g/mol. The lowest BCUT2D eigenvalue weighted by Crippen LogP contribution is -2.40. The van der Waals surface area contributed by atoms with Crippen LogP contribution in [0.1, 0.15) is 59.1 Å². The lowest BCUT2D eigenvalue weighted by molar-refractivity contribution is 0.235. The molecule has 0 radical (unpaired) electrons. The Morgan fingerprint density at radius 1 is 1.47 bits per heavy atom. The van der Waals surface area contributed by atoms with Crippen LogP contribution in [-0.2, 0) is 12.0 Å². The second-order valence-electron chi connectivity index (χ2n) is 5.88. The van der Waals surface area contributed by atoms with Gasteiger partial charge in [-0.05, 0) is 13.3 Å². The van der Waals surface area contributed by atoms with Gasteiger partial charge in [-0.15, -0.1) is 0 Å². The van der Waals surface area contributed by atoms with Crippen LogP contribution in [0.3, 0.4) is 0 Å². The van der Waals surface area contributed by atoms with Gasteiger partial charge >= 0.3 is 6.03 Å². The van der Waals surface area contributed by atoms with Gasteiger partial charge in [-0.1, -0.05) is 34.1 Å². The molecule has 108 valence electrons. The Morgan fingerprint density at radius 2 is 2.16 bits per heavy atom. The minimum Gasteiger partial charge on any atom is -0.443 e. The first-order chi connectivity index (χ1) is 8.82. The largest absolute Gasteiger partial charge is 0.443 e. The van der Waals surface area contributed by atoms with Gasteiger partial charge in [-0.2, -0.15) is 0 Å². The van der Waals surface area contributed by atoms with E-state index >= 15 is 0 Å².